The van der Waals surface area contributed by atoms with E-state index in [1.54, 1.807) is 0 Å². The SMILES string of the molecule is COC(=O)C1CNC(C)(C2CCOCC2)C1. The fraction of sp³-hybridized carbons (Fsp3) is 0.917. The van der Waals surface area contributed by atoms with E-state index in [-0.39, 0.29) is 17.4 Å². The van der Waals surface area contributed by atoms with E-state index in [2.05, 4.69) is 12.2 Å². The topological polar surface area (TPSA) is 47.6 Å². The maximum absolute atomic E-state index is 11.5. The lowest BCUT2D eigenvalue weighted by Crippen LogP contribution is -2.46. The summed E-state index contributed by atoms with van der Waals surface area (Å²) >= 11 is 0. The first-order chi connectivity index (χ1) is 7.65. The van der Waals surface area contributed by atoms with Crippen molar-refractivity contribution in [1.29, 1.82) is 0 Å². The van der Waals surface area contributed by atoms with Gasteiger partial charge < -0.3 is 14.8 Å². The quantitative estimate of drug-likeness (QED) is 0.714. The smallest absolute Gasteiger partial charge is 0.310 e. The Labute approximate surface area is 96.7 Å². The number of hydrogen-bond donors (Lipinski definition) is 1. The molecule has 4 heteroatoms. The van der Waals surface area contributed by atoms with E-state index in [4.69, 9.17) is 9.47 Å². The van der Waals surface area contributed by atoms with E-state index < -0.39 is 0 Å². The fourth-order valence-electron chi connectivity index (χ4n) is 2.99. The van der Waals surface area contributed by atoms with Gasteiger partial charge in [-0.15, -0.1) is 0 Å². The van der Waals surface area contributed by atoms with Crippen molar-refractivity contribution in [2.75, 3.05) is 26.9 Å². The number of carbonyl (C=O) groups excluding carboxylic acids is 1. The summed E-state index contributed by atoms with van der Waals surface area (Å²) in [6.07, 6.45) is 3.08. The Morgan fingerprint density at radius 1 is 1.44 bits per heavy atom. The van der Waals surface area contributed by atoms with Gasteiger partial charge in [0.15, 0.2) is 0 Å². The molecule has 2 rings (SSSR count). The standard InChI is InChI=1S/C12H21NO3/c1-12(10-3-5-16-6-4-10)7-9(8-13-12)11(14)15-2/h9-10,13H,3-8H2,1-2H3. The molecule has 0 aliphatic carbocycles. The largest absolute Gasteiger partial charge is 0.469 e. The van der Waals surface area contributed by atoms with Crippen LogP contribution in [0.4, 0.5) is 0 Å². The maximum Gasteiger partial charge on any atom is 0.310 e. The van der Waals surface area contributed by atoms with E-state index in [1.165, 1.54) is 7.11 Å². The summed E-state index contributed by atoms with van der Waals surface area (Å²) in [5.74, 6) is 0.567. The zero-order valence-electron chi connectivity index (χ0n) is 10.1. The van der Waals surface area contributed by atoms with Crippen molar-refractivity contribution in [2.45, 2.75) is 31.7 Å². The molecular weight excluding hydrogens is 206 g/mol. The number of ether oxygens (including phenoxy) is 2. The summed E-state index contributed by atoms with van der Waals surface area (Å²) in [6.45, 7) is 4.68. The molecule has 2 aliphatic heterocycles. The zero-order chi connectivity index (χ0) is 11.6. The van der Waals surface area contributed by atoms with Crippen LogP contribution in [0, 0.1) is 11.8 Å². The second-order valence-electron chi connectivity index (χ2n) is 5.11. The van der Waals surface area contributed by atoms with Gasteiger partial charge in [0, 0.05) is 25.3 Å². The second-order valence-corrected chi connectivity index (χ2v) is 5.11. The predicted octanol–water partition coefficient (Wildman–Crippen LogP) is 0.954. The Morgan fingerprint density at radius 2 is 2.12 bits per heavy atom. The van der Waals surface area contributed by atoms with Crippen LogP contribution < -0.4 is 5.32 Å². The molecule has 0 amide bonds. The van der Waals surface area contributed by atoms with Gasteiger partial charge in [0.25, 0.3) is 0 Å². The fourth-order valence-corrected chi connectivity index (χ4v) is 2.99. The minimum absolute atomic E-state index is 0.0258. The lowest BCUT2D eigenvalue weighted by atomic mass is 9.78. The van der Waals surface area contributed by atoms with Gasteiger partial charge in [0.1, 0.15) is 0 Å². The Balaban J connectivity index is 1.96. The molecule has 0 bridgehead atoms. The van der Waals surface area contributed by atoms with Crippen LogP contribution in [-0.4, -0.2) is 38.4 Å². The minimum Gasteiger partial charge on any atom is -0.469 e. The van der Waals surface area contributed by atoms with Crippen LogP contribution >= 0.6 is 0 Å². The van der Waals surface area contributed by atoms with Crippen LogP contribution in [0.3, 0.4) is 0 Å². The molecule has 2 fully saturated rings. The first kappa shape index (κ1) is 11.9. The average molecular weight is 227 g/mol. The van der Waals surface area contributed by atoms with Crippen molar-refractivity contribution >= 4 is 5.97 Å². The third kappa shape index (κ3) is 2.23. The van der Waals surface area contributed by atoms with Crippen molar-refractivity contribution in [3.8, 4) is 0 Å². The van der Waals surface area contributed by atoms with E-state index in [9.17, 15) is 4.79 Å². The summed E-state index contributed by atoms with van der Waals surface area (Å²) < 4.78 is 10.2. The lowest BCUT2D eigenvalue weighted by molar-refractivity contribution is -0.144. The van der Waals surface area contributed by atoms with E-state index in [0.29, 0.717) is 5.92 Å². The van der Waals surface area contributed by atoms with Gasteiger partial charge in [0.2, 0.25) is 0 Å². The van der Waals surface area contributed by atoms with Crippen LogP contribution in [0.2, 0.25) is 0 Å². The Morgan fingerprint density at radius 3 is 2.75 bits per heavy atom. The number of hydrogen-bond acceptors (Lipinski definition) is 4. The van der Waals surface area contributed by atoms with Crippen molar-refractivity contribution in [2.24, 2.45) is 11.8 Å². The Hall–Kier alpha value is -0.610. The molecule has 2 aliphatic rings. The van der Waals surface area contributed by atoms with Crippen molar-refractivity contribution in [3.05, 3.63) is 0 Å². The van der Waals surface area contributed by atoms with Crippen LogP contribution in [0.1, 0.15) is 26.2 Å². The van der Waals surface area contributed by atoms with Gasteiger partial charge in [-0.3, -0.25) is 4.79 Å². The van der Waals surface area contributed by atoms with Gasteiger partial charge in [-0.2, -0.15) is 0 Å². The molecule has 0 saturated carbocycles. The Bertz CT molecular complexity index is 263. The normalized spacial score (nSPS) is 36.2. The summed E-state index contributed by atoms with van der Waals surface area (Å²) in [5, 5.41) is 3.51. The van der Waals surface area contributed by atoms with Crippen LogP contribution in [0.5, 0.6) is 0 Å². The molecule has 0 spiro atoms. The molecular formula is C12H21NO3. The van der Waals surface area contributed by atoms with E-state index >= 15 is 0 Å². The molecule has 4 nitrogen and oxygen atoms in total. The average Bonchev–Trinajstić information content (AvgIpc) is 2.73. The van der Waals surface area contributed by atoms with E-state index in [1.807, 2.05) is 0 Å². The highest BCUT2D eigenvalue weighted by Crippen LogP contribution is 2.36. The highest BCUT2D eigenvalue weighted by molar-refractivity contribution is 5.73. The van der Waals surface area contributed by atoms with Crippen LogP contribution in [-0.2, 0) is 14.3 Å². The third-order valence-corrected chi connectivity index (χ3v) is 4.08. The number of rotatable bonds is 2. The highest BCUT2D eigenvalue weighted by Gasteiger charge is 2.43. The molecule has 92 valence electrons. The monoisotopic (exact) mass is 227 g/mol. The summed E-state index contributed by atoms with van der Waals surface area (Å²) in [6, 6.07) is 0. The van der Waals surface area contributed by atoms with E-state index in [0.717, 1.165) is 39.0 Å². The number of esters is 1. The van der Waals surface area contributed by atoms with Gasteiger partial charge in [-0.1, -0.05) is 0 Å². The predicted molar refractivity (Wildman–Crippen MR) is 60.1 cm³/mol. The maximum atomic E-state index is 11.5. The zero-order valence-corrected chi connectivity index (χ0v) is 10.1. The molecule has 0 aromatic heterocycles. The molecule has 2 unspecified atom stereocenters. The summed E-state index contributed by atoms with van der Waals surface area (Å²) in [7, 11) is 1.46. The summed E-state index contributed by atoms with van der Waals surface area (Å²) in [5.41, 5.74) is 0.0859. The molecule has 0 aromatic rings. The summed E-state index contributed by atoms with van der Waals surface area (Å²) in [4.78, 5) is 11.5. The third-order valence-electron chi connectivity index (χ3n) is 4.08. The van der Waals surface area contributed by atoms with Gasteiger partial charge >= 0.3 is 5.97 Å². The first-order valence-corrected chi connectivity index (χ1v) is 6.06. The van der Waals surface area contributed by atoms with Gasteiger partial charge in [-0.05, 0) is 32.1 Å². The molecule has 0 radical (unpaired) electrons. The van der Waals surface area contributed by atoms with Crippen LogP contribution in [0.25, 0.3) is 0 Å². The molecule has 2 atom stereocenters. The van der Waals surface area contributed by atoms with Gasteiger partial charge in [-0.25, -0.2) is 0 Å². The molecule has 1 N–H and O–H groups in total. The Kier molecular flexibility index (Phi) is 3.50. The van der Waals surface area contributed by atoms with Crippen molar-refractivity contribution in [3.63, 3.8) is 0 Å². The molecule has 2 heterocycles. The molecule has 0 aromatic carbocycles. The van der Waals surface area contributed by atoms with Gasteiger partial charge in [0.05, 0.1) is 13.0 Å². The van der Waals surface area contributed by atoms with Crippen LogP contribution in [0.15, 0.2) is 0 Å². The minimum atomic E-state index is -0.0803. The first-order valence-electron chi connectivity index (χ1n) is 6.06. The second kappa shape index (κ2) is 4.72. The lowest BCUT2D eigenvalue weighted by Gasteiger charge is -2.37. The van der Waals surface area contributed by atoms with Crippen molar-refractivity contribution in [1.82, 2.24) is 5.32 Å². The number of methoxy groups -OCH3 is 1. The number of carbonyl (C=O) groups is 1. The molecule has 16 heavy (non-hydrogen) atoms. The molecule has 2 saturated heterocycles. The highest BCUT2D eigenvalue weighted by atomic mass is 16.5. The number of nitrogens with one attached hydrogen (secondary N) is 1. The van der Waals surface area contributed by atoms with Crippen molar-refractivity contribution < 1.29 is 14.3 Å².